The Morgan fingerprint density at radius 3 is 2.75 bits per heavy atom. The Hall–Kier alpha value is -3.07. The largest absolute Gasteiger partial charge is 0.497 e. The number of rotatable bonds is 6. The highest BCUT2D eigenvalue weighted by Gasteiger charge is 2.22. The Morgan fingerprint density at radius 2 is 2.04 bits per heavy atom. The van der Waals surface area contributed by atoms with E-state index in [1.165, 1.54) is 5.56 Å². The van der Waals surface area contributed by atoms with Crippen LogP contribution in [0.1, 0.15) is 28.9 Å². The third-order valence-electron chi connectivity index (χ3n) is 4.34. The number of aryl methyl sites for hydroxylation is 1. The number of hydrogen-bond donors (Lipinski definition) is 4. The molecule has 0 bridgehead atoms. The Labute approximate surface area is 167 Å². The molecule has 1 unspecified atom stereocenters. The van der Waals surface area contributed by atoms with Crippen molar-refractivity contribution in [3.05, 3.63) is 40.7 Å². The molecule has 1 aromatic heterocycles. The molecule has 0 spiro atoms. The summed E-state index contributed by atoms with van der Waals surface area (Å²) >= 11 is 5.81. The van der Waals surface area contributed by atoms with Crippen LogP contribution in [0.25, 0.3) is 0 Å². The number of benzene rings is 1. The molecule has 0 aliphatic carbocycles. The van der Waals surface area contributed by atoms with Crippen molar-refractivity contribution in [2.75, 3.05) is 25.1 Å². The van der Waals surface area contributed by atoms with Gasteiger partial charge in [-0.25, -0.2) is 9.97 Å². The second-order valence-electron chi connectivity index (χ2n) is 6.36. The molecule has 2 heterocycles. The third-order valence-corrected chi connectivity index (χ3v) is 4.62. The molecule has 1 atom stereocenters. The second-order valence-corrected chi connectivity index (χ2v) is 6.72. The zero-order chi connectivity index (χ0) is 20.1. The van der Waals surface area contributed by atoms with Gasteiger partial charge in [-0.2, -0.15) is 0 Å². The first kappa shape index (κ1) is 19.7. The van der Waals surface area contributed by atoms with E-state index in [4.69, 9.17) is 27.8 Å². The Balaban J connectivity index is 1.46. The lowest BCUT2D eigenvalue weighted by atomic mass is 10.0. The molecule has 0 saturated carbocycles. The zero-order valence-corrected chi connectivity index (χ0v) is 16.2. The zero-order valence-electron chi connectivity index (χ0n) is 15.4. The number of ether oxygens (including phenoxy) is 1. The molecule has 0 radical (unpaired) electrons. The minimum absolute atomic E-state index is 0.0241. The van der Waals surface area contributed by atoms with Crippen molar-refractivity contribution in [1.29, 1.82) is 0 Å². The minimum Gasteiger partial charge on any atom is -0.497 e. The van der Waals surface area contributed by atoms with Gasteiger partial charge >= 0.3 is 0 Å². The summed E-state index contributed by atoms with van der Waals surface area (Å²) in [6.45, 7) is 0.585. The average Bonchev–Trinajstić information content (AvgIpc) is 3.12. The number of guanidine groups is 1. The van der Waals surface area contributed by atoms with Crippen LogP contribution in [-0.4, -0.2) is 41.5 Å². The summed E-state index contributed by atoms with van der Waals surface area (Å²) in [6, 6.07) is 8.20. The lowest BCUT2D eigenvalue weighted by Gasteiger charge is -2.12. The van der Waals surface area contributed by atoms with Crippen molar-refractivity contribution in [3.8, 4) is 5.75 Å². The molecule has 3 rings (SSSR count). The Kier molecular flexibility index (Phi) is 6.15. The van der Waals surface area contributed by atoms with E-state index in [0.29, 0.717) is 12.5 Å². The van der Waals surface area contributed by atoms with E-state index >= 15 is 0 Å². The summed E-state index contributed by atoms with van der Waals surface area (Å²) in [7, 11) is 1.65. The number of nitrogens with zero attached hydrogens (tertiary/aromatic N) is 3. The number of anilines is 2. The predicted molar refractivity (Wildman–Crippen MR) is 108 cm³/mol. The fraction of sp³-hybridized carbons (Fsp3) is 0.333. The number of nitrogens with one attached hydrogen (secondary N) is 2. The Bertz CT molecular complexity index is 886. The molecule has 148 valence electrons. The summed E-state index contributed by atoms with van der Waals surface area (Å²) in [4.78, 5) is 24.3. The van der Waals surface area contributed by atoms with Crippen LogP contribution in [0.4, 0.5) is 11.6 Å². The van der Waals surface area contributed by atoms with Gasteiger partial charge in [0.05, 0.1) is 13.7 Å². The monoisotopic (exact) mass is 403 g/mol. The quantitative estimate of drug-likeness (QED) is 0.571. The van der Waals surface area contributed by atoms with Gasteiger partial charge in [0, 0.05) is 6.04 Å². The average molecular weight is 404 g/mol. The van der Waals surface area contributed by atoms with Crippen molar-refractivity contribution in [2.45, 2.75) is 25.3 Å². The van der Waals surface area contributed by atoms with Crippen LogP contribution >= 0.6 is 11.6 Å². The highest BCUT2D eigenvalue weighted by Crippen LogP contribution is 2.17. The molecule has 0 fully saturated rings. The number of carbonyl (C=O) groups is 1. The maximum Gasteiger partial charge on any atom is 0.280 e. The number of hydrogen-bond acceptors (Lipinski definition) is 8. The predicted octanol–water partition coefficient (Wildman–Crippen LogP) is 1.38. The molecule has 6 N–H and O–H groups in total. The molecule has 10 heteroatoms. The number of nitrogens with two attached hydrogens (primary N) is 2. The van der Waals surface area contributed by atoms with E-state index in [1.807, 2.05) is 12.1 Å². The van der Waals surface area contributed by atoms with Gasteiger partial charge in [-0.3, -0.25) is 15.1 Å². The van der Waals surface area contributed by atoms with Gasteiger partial charge < -0.3 is 21.5 Å². The van der Waals surface area contributed by atoms with E-state index < -0.39 is 5.91 Å². The number of nitrogen functional groups attached to an aromatic ring is 2. The number of aromatic nitrogens is 2. The number of aliphatic imine (C=N–C) groups is 1. The van der Waals surface area contributed by atoms with E-state index in [2.05, 4.69) is 37.7 Å². The second kappa shape index (κ2) is 8.75. The summed E-state index contributed by atoms with van der Waals surface area (Å²) in [5.41, 5.74) is 12.4. The SMILES string of the molecule is COc1ccc(CCCC2CN=C(NC(=O)c3nc(Cl)c(N)nc3N)N2)cc1. The normalized spacial score (nSPS) is 15.6. The first-order valence-electron chi connectivity index (χ1n) is 8.80. The van der Waals surface area contributed by atoms with Crippen LogP contribution in [0.15, 0.2) is 29.3 Å². The summed E-state index contributed by atoms with van der Waals surface area (Å²) in [5.74, 6) is 0.575. The molecule has 1 amide bonds. The van der Waals surface area contributed by atoms with Gasteiger partial charge in [-0.15, -0.1) is 0 Å². The lowest BCUT2D eigenvalue weighted by Crippen LogP contribution is -2.42. The summed E-state index contributed by atoms with van der Waals surface area (Å²) in [6.07, 6.45) is 2.87. The molecule has 28 heavy (non-hydrogen) atoms. The van der Waals surface area contributed by atoms with Crippen LogP contribution in [0, 0.1) is 0 Å². The first-order chi connectivity index (χ1) is 13.5. The minimum atomic E-state index is -0.544. The maximum atomic E-state index is 12.3. The van der Waals surface area contributed by atoms with Gasteiger partial charge in [0.2, 0.25) is 0 Å². The van der Waals surface area contributed by atoms with Crippen LogP contribution < -0.4 is 26.8 Å². The van der Waals surface area contributed by atoms with E-state index in [-0.39, 0.29) is 28.5 Å². The van der Waals surface area contributed by atoms with Crippen LogP contribution in [0.3, 0.4) is 0 Å². The van der Waals surface area contributed by atoms with E-state index in [9.17, 15) is 4.79 Å². The number of amides is 1. The lowest BCUT2D eigenvalue weighted by molar-refractivity contribution is 0.0972. The third kappa shape index (κ3) is 4.80. The fourth-order valence-corrected chi connectivity index (χ4v) is 2.97. The van der Waals surface area contributed by atoms with E-state index in [1.54, 1.807) is 7.11 Å². The fourth-order valence-electron chi connectivity index (χ4n) is 2.85. The highest BCUT2D eigenvalue weighted by atomic mass is 35.5. The van der Waals surface area contributed by atoms with E-state index in [0.717, 1.165) is 25.0 Å². The molecular formula is C18H22ClN7O2. The molecule has 9 nitrogen and oxygen atoms in total. The van der Waals surface area contributed by atoms with Gasteiger partial charge in [0.25, 0.3) is 5.91 Å². The highest BCUT2D eigenvalue weighted by molar-refractivity contribution is 6.31. The van der Waals surface area contributed by atoms with Gasteiger partial charge in [0.15, 0.2) is 28.4 Å². The molecular weight excluding hydrogens is 382 g/mol. The standard InChI is InChI=1S/C18H22ClN7O2/c1-28-12-7-5-10(6-8-12)3-2-4-11-9-22-18(23-11)26-17(27)13-15(20)25-16(21)14(19)24-13/h5-8,11H,2-4,9H2,1H3,(H4,20,21,25)(H2,22,23,26,27). The smallest absolute Gasteiger partial charge is 0.280 e. The van der Waals surface area contributed by atoms with Gasteiger partial charge in [-0.05, 0) is 37.0 Å². The Morgan fingerprint density at radius 1 is 1.29 bits per heavy atom. The number of halogens is 1. The van der Waals surface area contributed by atoms with Crippen molar-refractivity contribution < 1.29 is 9.53 Å². The number of carbonyl (C=O) groups excluding carboxylic acids is 1. The van der Waals surface area contributed by atoms with Crippen LogP contribution in [0.5, 0.6) is 5.75 Å². The summed E-state index contributed by atoms with van der Waals surface area (Å²) < 4.78 is 5.16. The van der Waals surface area contributed by atoms with Gasteiger partial charge in [0.1, 0.15) is 5.75 Å². The van der Waals surface area contributed by atoms with Crippen molar-refractivity contribution in [2.24, 2.45) is 4.99 Å². The maximum absolute atomic E-state index is 12.3. The molecule has 1 aromatic carbocycles. The molecule has 0 saturated heterocycles. The summed E-state index contributed by atoms with van der Waals surface area (Å²) in [5, 5.41) is 5.76. The molecule has 1 aliphatic rings. The van der Waals surface area contributed by atoms with Crippen molar-refractivity contribution in [3.63, 3.8) is 0 Å². The number of methoxy groups -OCH3 is 1. The van der Waals surface area contributed by atoms with Crippen LogP contribution in [0.2, 0.25) is 5.15 Å². The van der Waals surface area contributed by atoms with Crippen LogP contribution in [-0.2, 0) is 6.42 Å². The topological polar surface area (TPSA) is 141 Å². The molecule has 1 aliphatic heterocycles. The first-order valence-corrected chi connectivity index (χ1v) is 9.18. The van der Waals surface area contributed by atoms with Gasteiger partial charge in [-0.1, -0.05) is 23.7 Å². The van der Waals surface area contributed by atoms with Crippen molar-refractivity contribution >= 4 is 35.1 Å². The molecule has 2 aromatic rings. The van der Waals surface area contributed by atoms with Crippen molar-refractivity contribution in [1.82, 2.24) is 20.6 Å².